The lowest BCUT2D eigenvalue weighted by atomic mass is 10.2. The first kappa shape index (κ1) is 11.6. The van der Waals surface area contributed by atoms with Gasteiger partial charge in [-0.3, -0.25) is 9.59 Å². The molecule has 1 heterocycles. The van der Waals surface area contributed by atoms with Crippen molar-refractivity contribution in [3.05, 3.63) is 24.3 Å². The van der Waals surface area contributed by atoms with E-state index in [2.05, 4.69) is 5.32 Å². The number of hydrogen-bond donors (Lipinski definition) is 2. The maximum absolute atomic E-state index is 11.7. The molecule has 0 unspecified atom stereocenters. The van der Waals surface area contributed by atoms with Gasteiger partial charge in [-0.1, -0.05) is 12.1 Å². The minimum atomic E-state index is -0.260. The van der Waals surface area contributed by atoms with E-state index < -0.39 is 0 Å². The molecule has 1 fully saturated rings. The zero-order valence-corrected chi connectivity index (χ0v) is 9.48. The second kappa shape index (κ2) is 4.97. The Kier molecular flexibility index (Phi) is 3.39. The van der Waals surface area contributed by atoms with Crippen molar-refractivity contribution in [2.45, 2.75) is 12.8 Å². The number of carbonyl (C=O) groups is 2. The molecule has 0 aromatic heterocycles. The third kappa shape index (κ3) is 2.45. The molecule has 1 aromatic carbocycles. The SMILES string of the molecule is NCC(=O)Nc1ccccc1N1CCCC1=O. The standard InChI is InChI=1S/C12H15N3O2/c13-8-11(16)14-9-4-1-2-5-10(9)15-7-3-6-12(15)17/h1-2,4-5H,3,6-8,13H2,(H,14,16). The largest absolute Gasteiger partial charge is 0.323 e. The van der Waals surface area contributed by atoms with Crippen molar-refractivity contribution in [2.24, 2.45) is 5.73 Å². The van der Waals surface area contributed by atoms with Crippen LogP contribution in [0.4, 0.5) is 11.4 Å². The molecule has 2 rings (SSSR count). The molecule has 0 bridgehead atoms. The Morgan fingerprint density at radius 3 is 2.82 bits per heavy atom. The molecule has 5 nitrogen and oxygen atoms in total. The maximum atomic E-state index is 11.7. The van der Waals surface area contributed by atoms with Crippen LogP contribution in [-0.2, 0) is 9.59 Å². The van der Waals surface area contributed by atoms with Crippen LogP contribution in [0.5, 0.6) is 0 Å². The van der Waals surface area contributed by atoms with Gasteiger partial charge in [0.1, 0.15) is 0 Å². The first-order chi connectivity index (χ1) is 8.22. The third-order valence-electron chi connectivity index (χ3n) is 2.73. The number of nitrogens with two attached hydrogens (primary N) is 1. The van der Waals surface area contributed by atoms with Gasteiger partial charge in [0.15, 0.2) is 0 Å². The third-order valence-corrected chi connectivity index (χ3v) is 2.73. The minimum Gasteiger partial charge on any atom is -0.323 e. The summed E-state index contributed by atoms with van der Waals surface area (Å²) in [4.78, 5) is 24.7. The molecule has 1 aromatic rings. The maximum Gasteiger partial charge on any atom is 0.238 e. The summed E-state index contributed by atoms with van der Waals surface area (Å²) in [5.74, 6) is -0.163. The summed E-state index contributed by atoms with van der Waals surface area (Å²) in [6, 6.07) is 7.26. The molecule has 17 heavy (non-hydrogen) atoms. The summed E-state index contributed by atoms with van der Waals surface area (Å²) < 4.78 is 0. The molecule has 0 spiro atoms. The fourth-order valence-corrected chi connectivity index (χ4v) is 1.92. The Hall–Kier alpha value is -1.88. The van der Waals surface area contributed by atoms with Crippen LogP contribution in [0.3, 0.4) is 0 Å². The molecular formula is C12H15N3O2. The molecule has 0 aliphatic carbocycles. The Morgan fingerprint density at radius 2 is 2.18 bits per heavy atom. The fourth-order valence-electron chi connectivity index (χ4n) is 1.92. The molecule has 0 atom stereocenters. The topological polar surface area (TPSA) is 75.4 Å². The molecule has 3 N–H and O–H groups in total. The number of amides is 2. The predicted octanol–water partition coefficient (Wildman–Crippen LogP) is 0.711. The van der Waals surface area contributed by atoms with Crippen molar-refractivity contribution in [3.8, 4) is 0 Å². The highest BCUT2D eigenvalue weighted by molar-refractivity contribution is 6.02. The van der Waals surface area contributed by atoms with Crippen molar-refractivity contribution in [1.29, 1.82) is 0 Å². The van der Waals surface area contributed by atoms with Crippen LogP contribution in [0.1, 0.15) is 12.8 Å². The summed E-state index contributed by atoms with van der Waals surface area (Å²) in [5, 5.41) is 2.70. The monoisotopic (exact) mass is 233 g/mol. The normalized spacial score (nSPS) is 15.1. The first-order valence-electron chi connectivity index (χ1n) is 5.61. The lowest BCUT2D eigenvalue weighted by molar-refractivity contribution is -0.117. The predicted molar refractivity (Wildman–Crippen MR) is 65.7 cm³/mol. The summed E-state index contributed by atoms with van der Waals surface area (Å²) in [5.41, 5.74) is 6.64. The number of anilines is 2. The molecule has 2 amide bonds. The highest BCUT2D eigenvalue weighted by Gasteiger charge is 2.23. The van der Waals surface area contributed by atoms with Crippen LogP contribution < -0.4 is 16.0 Å². The number of nitrogens with zero attached hydrogens (tertiary/aromatic N) is 1. The molecule has 1 aliphatic heterocycles. The van der Waals surface area contributed by atoms with Crippen LogP contribution in [0.15, 0.2) is 24.3 Å². The van der Waals surface area contributed by atoms with E-state index in [1.165, 1.54) is 0 Å². The van der Waals surface area contributed by atoms with Crippen LogP contribution in [0.25, 0.3) is 0 Å². The van der Waals surface area contributed by atoms with E-state index in [4.69, 9.17) is 5.73 Å². The summed E-state index contributed by atoms with van der Waals surface area (Å²) in [6.45, 7) is 0.636. The quantitative estimate of drug-likeness (QED) is 0.807. The summed E-state index contributed by atoms with van der Waals surface area (Å²) >= 11 is 0. The van der Waals surface area contributed by atoms with E-state index in [-0.39, 0.29) is 18.4 Å². The Balaban J connectivity index is 2.27. The average molecular weight is 233 g/mol. The van der Waals surface area contributed by atoms with Gasteiger partial charge in [-0.15, -0.1) is 0 Å². The van der Waals surface area contributed by atoms with Crippen molar-refractivity contribution in [1.82, 2.24) is 0 Å². The Labute approximate surface area is 99.6 Å². The van der Waals surface area contributed by atoms with Gasteiger partial charge in [0.05, 0.1) is 17.9 Å². The molecule has 0 radical (unpaired) electrons. The molecule has 90 valence electrons. The van der Waals surface area contributed by atoms with Gasteiger partial charge in [0, 0.05) is 13.0 Å². The second-order valence-corrected chi connectivity index (χ2v) is 3.92. The Morgan fingerprint density at radius 1 is 1.41 bits per heavy atom. The van der Waals surface area contributed by atoms with Gasteiger partial charge in [0.2, 0.25) is 11.8 Å². The van der Waals surface area contributed by atoms with Crippen LogP contribution >= 0.6 is 0 Å². The van der Waals surface area contributed by atoms with Crippen molar-refractivity contribution in [3.63, 3.8) is 0 Å². The highest BCUT2D eigenvalue weighted by Crippen LogP contribution is 2.29. The van der Waals surface area contributed by atoms with Gasteiger partial charge in [-0.2, -0.15) is 0 Å². The number of rotatable bonds is 3. The number of nitrogens with one attached hydrogen (secondary N) is 1. The van der Waals surface area contributed by atoms with E-state index in [1.807, 2.05) is 18.2 Å². The van der Waals surface area contributed by atoms with Crippen LogP contribution in [0.2, 0.25) is 0 Å². The van der Waals surface area contributed by atoms with Crippen molar-refractivity contribution >= 4 is 23.2 Å². The molecular weight excluding hydrogens is 218 g/mol. The lowest BCUT2D eigenvalue weighted by Gasteiger charge is -2.19. The van der Waals surface area contributed by atoms with Crippen molar-refractivity contribution < 1.29 is 9.59 Å². The van der Waals surface area contributed by atoms with Crippen LogP contribution in [0, 0.1) is 0 Å². The minimum absolute atomic E-state index is 0.0672. The summed E-state index contributed by atoms with van der Waals surface area (Å²) in [6.07, 6.45) is 1.43. The van der Waals surface area contributed by atoms with E-state index in [0.29, 0.717) is 18.7 Å². The first-order valence-corrected chi connectivity index (χ1v) is 5.61. The van der Waals surface area contributed by atoms with Crippen molar-refractivity contribution in [2.75, 3.05) is 23.3 Å². The molecule has 0 saturated carbocycles. The number of carbonyl (C=O) groups excluding carboxylic acids is 2. The van der Waals surface area contributed by atoms with E-state index >= 15 is 0 Å². The summed E-state index contributed by atoms with van der Waals surface area (Å²) in [7, 11) is 0. The van der Waals surface area contributed by atoms with E-state index in [9.17, 15) is 9.59 Å². The smallest absolute Gasteiger partial charge is 0.238 e. The van der Waals surface area contributed by atoms with Gasteiger partial charge in [-0.05, 0) is 18.6 Å². The van der Waals surface area contributed by atoms with E-state index in [0.717, 1.165) is 12.1 Å². The van der Waals surface area contributed by atoms with Gasteiger partial charge in [-0.25, -0.2) is 0 Å². The lowest BCUT2D eigenvalue weighted by Crippen LogP contribution is -2.27. The number of hydrogen-bond acceptors (Lipinski definition) is 3. The molecule has 5 heteroatoms. The number of para-hydroxylation sites is 2. The zero-order chi connectivity index (χ0) is 12.3. The van der Waals surface area contributed by atoms with Gasteiger partial charge in [0.25, 0.3) is 0 Å². The van der Waals surface area contributed by atoms with Gasteiger partial charge < -0.3 is 16.0 Å². The highest BCUT2D eigenvalue weighted by atomic mass is 16.2. The second-order valence-electron chi connectivity index (χ2n) is 3.92. The van der Waals surface area contributed by atoms with Gasteiger partial charge >= 0.3 is 0 Å². The molecule has 1 saturated heterocycles. The van der Waals surface area contributed by atoms with Crippen LogP contribution in [-0.4, -0.2) is 24.9 Å². The average Bonchev–Trinajstić information content (AvgIpc) is 2.76. The van der Waals surface area contributed by atoms with E-state index in [1.54, 1.807) is 11.0 Å². The Bertz CT molecular complexity index is 445. The zero-order valence-electron chi connectivity index (χ0n) is 9.48. The fraction of sp³-hybridized carbons (Fsp3) is 0.333. The molecule has 1 aliphatic rings. The number of benzene rings is 1.